The largest absolute Gasteiger partial charge is 0.493 e. The van der Waals surface area contributed by atoms with E-state index in [1.165, 1.54) is 4.31 Å². The van der Waals surface area contributed by atoms with Crippen LogP contribution in [0.25, 0.3) is 10.8 Å². The number of aryl methyl sites for hydroxylation is 1. The molecule has 0 spiro atoms. The van der Waals surface area contributed by atoms with Crippen molar-refractivity contribution in [3.63, 3.8) is 0 Å². The highest BCUT2D eigenvalue weighted by molar-refractivity contribution is 7.89. The molecular weight excluding hydrogens is 362 g/mol. The first kappa shape index (κ1) is 19.2. The van der Waals surface area contributed by atoms with E-state index >= 15 is 0 Å². The van der Waals surface area contributed by atoms with Gasteiger partial charge in [-0.15, -0.1) is 0 Å². The molecule has 0 heterocycles. The van der Waals surface area contributed by atoms with E-state index in [-0.39, 0.29) is 11.4 Å². The highest BCUT2D eigenvalue weighted by Gasteiger charge is 2.22. The minimum atomic E-state index is -3.62. The maximum Gasteiger partial charge on any atom is 0.243 e. The molecule has 0 atom stereocenters. The summed E-state index contributed by atoms with van der Waals surface area (Å²) in [4.78, 5) is 0.279. The van der Waals surface area contributed by atoms with E-state index in [1.807, 2.05) is 49.4 Å². The molecule has 3 aromatic carbocycles. The molecule has 0 aliphatic heterocycles. The van der Waals surface area contributed by atoms with Gasteiger partial charge in [-0.3, -0.25) is 0 Å². The molecule has 5 nitrogen and oxygen atoms in total. The van der Waals surface area contributed by atoms with Crippen molar-refractivity contribution < 1.29 is 17.9 Å². The van der Waals surface area contributed by atoms with Crippen molar-refractivity contribution in [2.75, 3.05) is 21.3 Å². The van der Waals surface area contributed by atoms with Gasteiger partial charge in [0.15, 0.2) is 11.5 Å². The second kappa shape index (κ2) is 7.58. The number of nitrogens with zero attached hydrogens (tertiary/aromatic N) is 1. The lowest BCUT2D eigenvalue weighted by Crippen LogP contribution is -2.26. The first-order valence-electron chi connectivity index (χ1n) is 8.53. The van der Waals surface area contributed by atoms with Crippen molar-refractivity contribution in [1.29, 1.82) is 0 Å². The third-order valence-corrected chi connectivity index (χ3v) is 6.46. The van der Waals surface area contributed by atoms with Crippen molar-refractivity contribution in [3.05, 3.63) is 65.7 Å². The van der Waals surface area contributed by atoms with Gasteiger partial charge in [0.1, 0.15) is 0 Å². The van der Waals surface area contributed by atoms with Crippen molar-refractivity contribution in [2.24, 2.45) is 0 Å². The molecule has 0 saturated heterocycles. The number of benzene rings is 3. The summed E-state index contributed by atoms with van der Waals surface area (Å²) in [6, 6.07) is 16.6. The van der Waals surface area contributed by atoms with Crippen LogP contribution in [0.15, 0.2) is 59.5 Å². The zero-order valence-corrected chi connectivity index (χ0v) is 16.7. The van der Waals surface area contributed by atoms with Gasteiger partial charge in [-0.05, 0) is 53.1 Å². The number of hydrogen-bond acceptors (Lipinski definition) is 4. The van der Waals surface area contributed by atoms with Crippen LogP contribution < -0.4 is 9.47 Å². The predicted octanol–water partition coefficient (Wildman–Crippen LogP) is 3.99. The fourth-order valence-electron chi connectivity index (χ4n) is 3.03. The molecule has 0 fully saturated rings. The van der Waals surface area contributed by atoms with E-state index < -0.39 is 10.0 Å². The Labute approximate surface area is 160 Å². The molecule has 0 aliphatic rings. The third-order valence-electron chi connectivity index (χ3n) is 4.66. The molecule has 3 aromatic rings. The van der Waals surface area contributed by atoms with Gasteiger partial charge in [-0.1, -0.05) is 30.3 Å². The van der Waals surface area contributed by atoms with Crippen molar-refractivity contribution in [2.45, 2.75) is 18.4 Å². The van der Waals surface area contributed by atoms with Gasteiger partial charge in [0.05, 0.1) is 19.1 Å². The second-order valence-corrected chi connectivity index (χ2v) is 8.45. The van der Waals surface area contributed by atoms with Crippen LogP contribution in [0.1, 0.15) is 11.1 Å². The lowest BCUT2D eigenvalue weighted by molar-refractivity contribution is 0.353. The Balaban J connectivity index is 1.93. The quantitative estimate of drug-likeness (QED) is 0.644. The van der Waals surface area contributed by atoms with Gasteiger partial charge in [0.25, 0.3) is 0 Å². The molecule has 0 aliphatic carbocycles. The Kier molecular flexibility index (Phi) is 5.39. The topological polar surface area (TPSA) is 55.8 Å². The highest BCUT2D eigenvalue weighted by atomic mass is 32.2. The van der Waals surface area contributed by atoms with Crippen LogP contribution in [0, 0.1) is 6.92 Å². The molecule has 0 saturated carbocycles. The van der Waals surface area contributed by atoms with Crippen molar-refractivity contribution >= 4 is 20.8 Å². The summed E-state index contributed by atoms with van der Waals surface area (Å²) in [6.45, 7) is 2.16. The van der Waals surface area contributed by atoms with Crippen LogP contribution in [0.5, 0.6) is 11.5 Å². The van der Waals surface area contributed by atoms with Gasteiger partial charge >= 0.3 is 0 Å². The fraction of sp³-hybridized carbons (Fsp3) is 0.238. The predicted molar refractivity (Wildman–Crippen MR) is 107 cm³/mol. The Hall–Kier alpha value is -2.57. The summed E-state index contributed by atoms with van der Waals surface area (Å²) in [7, 11) is 1.10. The average Bonchev–Trinajstić information content (AvgIpc) is 2.68. The first-order valence-corrected chi connectivity index (χ1v) is 9.97. The Morgan fingerprint density at radius 3 is 2.19 bits per heavy atom. The molecule has 0 amide bonds. The monoisotopic (exact) mass is 385 g/mol. The lowest BCUT2D eigenvalue weighted by atomic mass is 10.1. The number of ether oxygens (including phenoxy) is 2. The Morgan fingerprint density at radius 2 is 1.52 bits per heavy atom. The molecule has 0 unspecified atom stereocenters. The summed E-state index contributed by atoms with van der Waals surface area (Å²) in [5.74, 6) is 1.20. The van der Waals surface area contributed by atoms with Gasteiger partial charge < -0.3 is 9.47 Å². The van der Waals surface area contributed by atoms with Crippen molar-refractivity contribution in [1.82, 2.24) is 4.31 Å². The highest BCUT2D eigenvalue weighted by Crippen LogP contribution is 2.31. The van der Waals surface area contributed by atoms with E-state index in [1.54, 1.807) is 33.4 Å². The van der Waals surface area contributed by atoms with Gasteiger partial charge in [-0.25, -0.2) is 8.42 Å². The Bertz CT molecular complexity index is 1080. The van der Waals surface area contributed by atoms with E-state index in [0.717, 1.165) is 21.9 Å². The molecule has 0 radical (unpaired) electrons. The Morgan fingerprint density at radius 1 is 0.889 bits per heavy atom. The van der Waals surface area contributed by atoms with E-state index in [9.17, 15) is 8.42 Å². The molecule has 142 valence electrons. The molecule has 27 heavy (non-hydrogen) atoms. The van der Waals surface area contributed by atoms with Crippen LogP contribution in [0.2, 0.25) is 0 Å². The summed E-state index contributed by atoms with van der Waals surface area (Å²) in [5, 5.41) is 1.91. The van der Waals surface area contributed by atoms with E-state index in [0.29, 0.717) is 11.5 Å². The summed E-state index contributed by atoms with van der Waals surface area (Å²) >= 11 is 0. The van der Waals surface area contributed by atoms with Crippen LogP contribution in [-0.4, -0.2) is 34.0 Å². The molecule has 6 heteroatoms. The molecular formula is C21H23NO4S. The zero-order chi connectivity index (χ0) is 19.6. The number of methoxy groups -OCH3 is 2. The SMILES string of the molecule is COc1cc(C)c(CN(C)S(=O)(=O)c2ccc3ccccc3c2)cc1OC. The van der Waals surface area contributed by atoms with Crippen LogP contribution in [0.3, 0.4) is 0 Å². The molecule has 3 rings (SSSR count). The normalized spacial score (nSPS) is 11.7. The number of fused-ring (bicyclic) bond motifs is 1. The van der Waals surface area contributed by atoms with Crippen LogP contribution in [0.4, 0.5) is 0 Å². The van der Waals surface area contributed by atoms with Gasteiger partial charge in [0.2, 0.25) is 10.0 Å². The van der Waals surface area contributed by atoms with E-state index in [2.05, 4.69) is 0 Å². The fourth-order valence-corrected chi connectivity index (χ4v) is 4.21. The van der Waals surface area contributed by atoms with Crippen LogP contribution >= 0.6 is 0 Å². The second-order valence-electron chi connectivity index (χ2n) is 6.40. The van der Waals surface area contributed by atoms with E-state index in [4.69, 9.17) is 9.47 Å². The van der Waals surface area contributed by atoms with Crippen molar-refractivity contribution in [3.8, 4) is 11.5 Å². The molecule has 0 bridgehead atoms. The molecule has 0 N–H and O–H groups in total. The zero-order valence-electron chi connectivity index (χ0n) is 15.9. The van der Waals surface area contributed by atoms with Gasteiger partial charge in [0, 0.05) is 13.6 Å². The minimum absolute atomic E-state index is 0.237. The van der Waals surface area contributed by atoms with Crippen LogP contribution in [-0.2, 0) is 16.6 Å². The number of hydrogen-bond donors (Lipinski definition) is 0. The summed E-state index contributed by atoms with van der Waals surface area (Å²) in [5.41, 5.74) is 1.80. The smallest absolute Gasteiger partial charge is 0.243 e. The average molecular weight is 385 g/mol. The summed E-state index contributed by atoms with van der Waals surface area (Å²) in [6.07, 6.45) is 0. The summed E-state index contributed by atoms with van der Waals surface area (Å²) < 4.78 is 38.1. The molecule has 0 aromatic heterocycles. The minimum Gasteiger partial charge on any atom is -0.493 e. The standard InChI is InChI=1S/C21H23NO4S/c1-15-11-20(25-3)21(26-4)13-18(15)14-22(2)27(23,24)19-10-9-16-7-5-6-8-17(16)12-19/h5-13H,14H2,1-4H3. The number of rotatable bonds is 6. The van der Waals surface area contributed by atoms with Gasteiger partial charge in [-0.2, -0.15) is 4.31 Å². The maximum atomic E-state index is 13.0. The lowest BCUT2D eigenvalue weighted by Gasteiger charge is -2.20. The number of sulfonamides is 1. The first-order chi connectivity index (χ1) is 12.9. The third kappa shape index (κ3) is 3.77. The maximum absolute atomic E-state index is 13.0.